The average molecular weight is 849 g/mol. The van der Waals surface area contributed by atoms with Crippen molar-refractivity contribution in [1.82, 2.24) is 19.9 Å². The number of unbranched alkanes of at least 4 members (excludes halogenated alkanes) is 8. The molecule has 5 nitrogen and oxygen atoms in total. The molecule has 5 heterocycles. The van der Waals surface area contributed by atoms with Crippen LogP contribution in [0.4, 0.5) is 0 Å². The molecule has 0 saturated heterocycles. The van der Waals surface area contributed by atoms with Gasteiger partial charge in [-0.3, -0.25) is 0 Å². The van der Waals surface area contributed by atoms with Gasteiger partial charge in [0.1, 0.15) is 5.75 Å². The number of ether oxygens (including phenoxy) is 1. The fourth-order valence-electron chi connectivity index (χ4n) is 9.53. The van der Waals surface area contributed by atoms with Crippen LogP contribution in [0.1, 0.15) is 87.0 Å². The van der Waals surface area contributed by atoms with Gasteiger partial charge in [0.2, 0.25) is 0 Å². The lowest BCUT2D eigenvalue weighted by Crippen LogP contribution is -1.97. The second kappa shape index (κ2) is 20.1. The summed E-state index contributed by atoms with van der Waals surface area (Å²) >= 11 is 0. The minimum Gasteiger partial charge on any atom is -0.494 e. The summed E-state index contributed by atoms with van der Waals surface area (Å²) in [5.74, 6) is 1.57. The molecule has 3 aromatic heterocycles. The summed E-state index contributed by atoms with van der Waals surface area (Å²) in [6, 6.07) is 48.9. The van der Waals surface area contributed by atoms with Gasteiger partial charge in [-0.05, 0) is 102 Å². The van der Waals surface area contributed by atoms with Gasteiger partial charge in [-0.1, -0.05) is 179 Å². The van der Waals surface area contributed by atoms with E-state index in [9.17, 15) is 0 Å². The van der Waals surface area contributed by atoms with Crippen LogP contribution in [-0.2, 0) is 0 Å². The predicted molar refractivity (Wildman–Crippen MR) is 274 cm³/mol. The summed E-state index contributed by atoms with van der Waals surface area (Å²) in [7, 11) is 0. The van der Waals surface area contributed by atoms with Crippen molar-refractivity contribution < 1.29 is 4.74 Å². The maximum atomic E-state index is 6.31. The number of fused-ring (bicyclic) bond motifs is 8. The minimum absolute atomic E-state index is 0.683. The first kappa shape index (κ1) is 41.8. The molecule has 0 atom stereocenters. The van der Waals surface area contributed by atoms with Gasteiger partial charge >= 0.3 is 0 Å². The summed E-state index contributed by atoms with van der Waals surface area (Å²) in [5.41, 5.74) is 16.0. The van der Waals surface area contributed by atoms with E-state index < -0.39 is 0 Å². The number of aromatic amines is 2. The summed E-state index contributed by atoms with van der Waals surface area (Å²) in [4.78, 5) is 18.6. The van der Waals surface area contributed by atoms with E-state index in [0.29, 0.717) is 5.92 Å². The zero-order valence-corrected chi connectivity index (χ0v) is 37.1. The Morgan fingerprint density at radius 2 is 0.723 bits per heavy atom. The van der Waals surface area contributed by atoms with Crippen LogP contribution in [0.15, 0.2) is 164 Å². The van der Waals surface area contributed by atoms with Crippen LogP contribution in [0.5, 0.6) is 5.75 Å². The van der Waals surface area contributed by atoms with Crippen molar-refractivity contribution >= 4 is 46.4 Å². The number of benzene rings is 4. The Kier molecular flexibility index (Phi) is 12.9. The van der Waals surface area contributed by atoms with Crippen LogP contribution >= 0.6 is 0 Å². The van der Waals surface area contributed by atoms with Crippen LogP contribution in [-0.4, -0.2) is 26.5 Å². The van der Waals surface area contributed by atoms with Crippen LogP contribution in [0.25, 0.3) is 90.9 Å². The highest BCUT2D eigenvalue weighted by molar-refractivity contribution is 5.99. The topological polar surface area (TPSA) is 66.6 Å². The largest absolute Gasteiger partial charge is 0.494 e. The molecule has 2 N–H and O–H groups in total. The third-order valence-corrected chi connectivity index (χ3v) is 12.9. The first-order chi connectivity index (χ1) is 32.2. The van der Waals surface area contributed by atoms with E-state index in [4.69, 9.17) is 14.7 Å². The molecule has 1 aliphatic carbocycles. The Balaban J connectivity index is 0.979. The lowest BCUT2D eigenvalue weighted by molar-refractivity contribution is 0.304. The number of allylic oxidation sites excluding steroid dienone is 4. The van der Waals surface area contributed by atoms with Gasteiger partial charge in [-0.15, -0.1) is 0 Å². The molecule has 3 aliphatic rings. The molecule has 0 saturated carbocycles. The highest BCUT2D eigenvalue weighted by Gasteiger charge is 2.19. The molecule has 322 valence electrons. The quantitative estimate of drug-likeness (QED) is 0.0897. The lowest BCUT2D eigenvalue weighted by atomic mass is 10.0. The molecule has 0 amide bonds. The first-order valence-electron chi connectivity index (χ1n) is 23.7. The second-order valence-corrected chi connectivity index (χ2v) is 17.4. The van der Waals surface area contributed by atoms with Crippen molar-refractivity contribution in [2.45, 2.75) is 64.2 Å². The lowest BCUT2D eigenvalue weighted by Gasteiger charge is -2.09. The van der Waals surface area contributed by atoms with Crippen LogP contribution in [0, 0.1) is 5.92 Å². The van der Waals surface area contributed by atoms with Gasteiger partial charge in [-0.2, -0.15) is 0 Å². The number of nitrogens with zero attached hydrogens (tertiary/aromatic N) is 2. The maximum Gasteiger partial charge on any atom is 0.119 e. The number of H-pyrrole nitrogens is 2. The number of hydrogen-bond acceptors (Lipinski definition) is 3. The van der Waals surface area contributed by atoms with Crippen molar-refractivity contribution in [3.05, 3.63) is 187 Å². The number of hydrogen-bond donors (Lipinski definition) is 2. The molecule has 5 heteroatoms. The van der Waals surface area contributed by atoms with Crippen molar-refractivity contribution in [3.63, 3.8) is 0 Å². The molecule has 8 bridgehead atoms. The zero-order valence-electron chi connectivity index (χ0n) is 37.1. The van der Waals surface area contributed by atoms with Crippen molar-refractivity contribution in [3.8, 4) is 50.3 Å². The van der Waals surface area contributed by atoms with Gasteiger partial charge in [0.25, 0.3) is 0 Å². The third kappa shape index (κ3) is 9.66. The van der Waals surface area contributed by atoms with E-state index in [0.717, 1.165) is 108 Å². The van der Waals surface area contributed by atoms with E-state index in [1.54, 1.807) is 0 Å². The molecule has 7 aromatic rings. The number of rotatable bonds is 17. The van der Waals surface area contributed by atoms with Crippen molar-refractivity contribution in [2.24, 2.45) is 5.92 Å². The van der Waals surface area contributed by atoms with Crippen LogP contribution in [0.2, 0.25) is 0 Å². The highest BCUT2D eigenvalue weighted by Crippen LogP contribution is 2.38. The van der Waals surface area contributed by atoms with Gasteiger partial charge in [0.05, 0.1) is 29.4 Å². The smallest absolute Gasteiger partial charge is 0.119 e. The Labute approximate surface area is 383 Å². The summed E-state index contributed by atoms with van der Waals surface area (Å²) in [5, 5.41) is 0. The zero-order chi connectivity index (χ0) is 43.6. The average Bonchev–Trinajstić information content (AvgIpc) is 4.23. The fourth-order valence-corrected chi connectivity index (χ4v) is 9.53. The summed E-state index contributed by atoms with van der Waals surface area (Å²) in [6.45, 7) is 0.729. The molecule has 0 radical (unpaired) electrons. The van der Waals surface area contributed by atoms with E-state index in [1.165, 1.54) is 57.8 Å². The van der Waals surface area contributed by atoms with E-state index >= 15 is 0 Å². The van der Waals surface area contributed by atoms with Crippen molar-refractivity contribution in [2.75, 3.05) is 6.61 Å². The van der Waals surface area contributed by atoms with Gasteiger partial charge in [-0.25, -0.2) is 9.97 Å². The Morgan fingerprint density at radius 3 is 1.12 bits per heavy atom. The van der Waals surface area contributed by atoms with E-state index in [2.05, 4.69) is 198 Å². The molecule has 0 spiro atoms. The Morgan fingerprint density at radius 1 is 0.369 bits per heavy atom. The molecule has 10 rings (SSSR count). The van der Waals surface area contributed by atoms with E-state index in [-0.39, 0.29) is 0 Å². The molecular formula is C60H56N4O. The van der Waals surface area contributed by atoms with Crippen LogP contribution in [0.3, 0.4) is 0 Å². The van der Waals surface area contributed by atoms with Gasteiger partial charge in [0, 0.05) is 44.3 Å². The fraction of sp³-hybridized carbons (Fsp3) is 0.200. The standard InChI is InChI=1S/C60H56N4O/c1(2-4-6-11-21-43-22-18-19-23-43)3-5-7-20-42-65-48-32-30-47(31-33-48)60-55-40-38-53(63-55)58(45-26-14-9-15-27-45)51-36-34-49(61-51)57(44-24-12-8-13-25-44)50-35-37-52(62-50)59(46-28-16-10-17-29-46)54-39-41-56(60)64-54/h8-10,12-19,22-41,43,61,64H,1-7,11,20-21,42H2. The monoisotopic (exact) mass is 848 g/mol. The van der Waals surface area contributed by atoms with Gasteiger partial charge < -0.3 is 14.7 Å². The number of aromatic nitrogens is 4. The third-order valence-electron chi connectivity index (χ3n) is 12.9. The second-order valence-electron chi connectivity index (χ2n) is 17.4. The predicted octanol–water partition coefficient (Wildman–Crippen LogP) is 16.3. The first-order valence-corrected chi connectivity index (χ1v) is 23.7. The molecule has 4 aromatic carbocycles. The molecular weight excluding hydrogens is 793 g/mol. The summed E-state index contributed by atoms with van der Waals surface area (Å²) < 4.78 is 6.31. The normalized spacial score (nSPS) is 13.0. The van der Waals surface area contributed by atoms with Crippen LogP contribution < -0.4 is 4.74 Å². The molecule has 2 aliphatic heterocycles. The Hall–Kier alpha value is -7.24. The molecule has 0 unspecified atom stereocenters. The summed E-state index contributed by atoms with van der Waals surface area (Å²) in [6.07, 6.45) is 30.6. The maximum absolute atomic E-state index is 6.31. The van der Waals surface area contributed by atoms with Crippen molar-refractivity contribution in [1.29, 1.82) is 0 Å². The molecule has 65 heavy (non-hydrogen) atoms. The number of nitrogens with one attached hydrogen (secondary N) is 2. The van der Waals surface area contributed by atoms with E-state index in [1.807, 2.05) is 0 Å². The highest BCUT2D eigenvalue weighted by atomic mass is 16.5. The minimum atomic E-state index is 0.683. The van der Waals surface area contributed by atoms with Gasteiger partial charge in [0.15, 0.2) is 0 Å². The SMILES string of the molecule is C1=CC(CCCCCCCCCCCOc2ccc(-c3c4nc(c(-c5ccccc5)c5ccc([nH]5)c(-c5ccccc5)c5nc(c(-c6ccccc6)c6ccc3[nH]6)C=C5)C=C4)cc2)C=C1. The molecule has 0 fully saturated rings. The Bertz CT molecular complexity index is 2980.